The minimum Gasteiger partial charge on any atom is -0.444 e. The Morgan fingerprint density at radius 1 is 1.25 bits per heavy atom. The van der Waals surface area contributed by atoms with Gasteiger partial charge in [-0.1, -0.05) is 0 Å². The number of aromatic nitrogens is 4. The molecule has 3 rings (SSSR count). The first-order valence-corrected chi connectivity index (χ1v) is 9.31. The van der Waals surface area contributed by atoms with Gasteiger partial charge in [0.15, 0.2) is 11.2 Å². The summed E-state index contributed by atoms with van der Waals surface area (Å²) in [6.07, 6.45) is 0.914. The molecule has 0 aliphatic carbocycles. The molecule has 1 aliphatic rings. The van der Waals surface area contributed by atoms with Crippen LogP contribution < -0.4 is 16.6 Å². The fourth-order valence-corrected chi connectivity index (χ4v) is 3.48. The summed E-state index contributed by atoms with van der Waals surface area (Å²) in [6.45, 7) is 6.54. The van der Waals surface area contributed by atoms with Gasteiger partial charge in [0.25, 0.3) is 5.56 Å². The highest BCUT2D eigenvalue weighted by Crippen LogP contribution is 2.31. The Morgan fingerprint density at radius 2 is 1.89 bits per heavy atom. The molecule has 1 saturated heterocycles. The van der Waals surface area contributed by atoms with Gasteiger partial charge < -0.3 is 19.4 Å². The second-order valence-corrected chi connectivity index (χ2v) is 8.09. The number of alkyl carbamates (subject to hydrolysis) is 1. The van der Waals surface area contributed by atoms with E-state index in [9.17, 15) is 14.4 Å². The van der Waals surface area contributed by atoms with Crippen LogP contribution in [0.15, 0.2) is 9.59 Å². The Morgan fingerprint density at radius 3 is 2.50 bits per heavy atom. The van der Waals surface area contributed by atoms with E-state index in [1.165, 1.54) is 4.57 Å². The Bertz CT molecular complexity index is 991. The molecule has 0 radical (unpaired) electrons. The summed E-state index contributed by atoms with van der Waals surface area (Å²) >= 11 is 0. The second-order valence-electron chi connectivity index (χ2n) is 8.09. The topological polar surface area (TPSA) is 120 Å². The molecule has 0 aromatic carbocycles. The zero-order valence-corrected chi connectivity index (χ0v) is 16.9. The normalized spacial score (nSPS) is 16.9. The van der Waals surface area contributed by atoms with Crippen molar-refractivity contribution in [3.8, 4) is 0 Å². The SMILES string of the molecule is Cn1c(C(NC(=O)OC(C)(C)C)C2CCOCC2)nc2c1c(=O)[nH]c(=O)n2C. The maximum atomic E-state index is 12.5. The van der Waals surface area contributed by atoms with Crippen molar-refractivity contribution >= 4 is 17.3 Å². The van der Waals surface area contributed by atoms with Crippen LogP contribution in [0.1, 0.15) is 45.5 Å². The molecule has 0 saturated carbocycles. The van der Waals surface area contributed by atoms with E-state index in [0.29, 0.717) is 19.0 Å². The Labute approximate surface area is 161 Å². The third-order valence-corrected chi connectivity index (χ3v) is 4.86. The number of nitrogens with one attached hydrogen (secondary N) is 2. The second kappa shape index (κ2) is 7.42. The molecule has 1 fully saturated rings. The molecule has 2 N–H and O–H groups in total. The first-order valence-electron chi connectivity index (χ1n) is 9.31. The molecule has 1 amide bonds. The van der Waals surface area contributed by atoms with Crippen LogP contribution in [-0.2, 0) is 23.6 Å². The van der Waals surface area contributed by atoms with Crippen molar-refractivity contribution in [2.24, 2.45) is 20.0 Å². The van der Waals surface area contributed by atoms with Crippen LogP contribution >= 0.6 is 0 Å². The van der Waals surface area contributed by atoms with E-state index < -0.39 is 29.0 Å². The van der Waals surface area contributed by atoms with E-state index in [-0.39, 0.29) is 17.1 Å². The van der Waals surface area contributed by atoms with Gasteiger partial charge in [0.2, 0.25) is 0 Å². The van der Waals surface area contributed by atoms with E-state index in [0.717, 1.165) is 12.8 Å². The van der Waals surface area contributed by atoms with Crippen molar-refractivity contribution in [3.05, 3.63) is 26.7 Å². The van der Waals surface area contributed by atoms with Gasteiger partial charge in [0, 0.05) is 27.3 Å². The summed E-state index contributed by atoms with van der Waals surface area (Å²) in [4.78, 5) is 43.6. The summed E-state index contributed by atoms with van der Waals surface area (Å²) in [5.41, 5.74) is -1.14. The molecule has 154 valence electrons. The van der Waals surface area contributed by atoms with E-state index in [2.05, 4.69) is 15.3 Å². The summed E-state index contributed by atoms with van der Waals surface area (Å²) < 4.78 is 13.8. The minimum absolute atomic E-state index is 0.0629. The summed E-state index contributed by atoms with van der Waals surface area (Å²) in [7, 11) is 3.25. The van der Waals surface area contributed by atoms with Gasteiger partial charge in [-0.05, 0) is 39.5 Å². The number of carbonyl (C=O) groups excluding carboxylic acids is 1. The highest BCUT2D eigenvalue weighted by molar-refractivity contribution is 5.72. The van der Waals surface area contributed by atoms with Crippen molar-refractivity contribution in [1.82, 2.24) is 24.4 Å². The number of fused-ring (bicyclic) bond motifs is 1. The van der Waals surface area contributed by atoms with Gasteiger partial charge in [0.05, 0.1) is 6.04 Å². The maximum Gasteiger partial charge on any atom is 0.408 e. The Hall–Kier alpha value is -2.62. The number of aromatic amines is 1. The van der Waals surface area contributed by atoms with Crippen LogP contribution in [-0.4, -0.2) is 44.0 Å². The first kappa shape index (κ1) is 20.1. The van der Waals surface area contributed by atoms with Crippen LogP contribution in [0.2, 0.25) is 0 Å². The maximum absolute atomic E-state index is 12.5. The van der Waals surface area contributed by atoms with E-state index in [4.69, 9.17) is 9.47 Å². The molecule has 0 bridgehead atoms. The zero-order valence-electron chi connectivity index (χ0n) is 16.9. The minimum atomic E-state index is -0.641. The molecule has 1 aliphatic heterocycles. The lowest BCUT2D eigenvalue weighted by Crippen LogP contribution is -2.40. The molecule has 1 atom stereocenters. The number of nitrogens with zero attached hydrogens (tertiary/aromatic N) is 3. The number of hydrogen-bond donors (Lipinski definition) is 2. The molecule has 0 spiro atoms. The largest absolute Gasteiger partial charge is 0.444 e. The molecule has 2 aromatic rings. The smallest absolute Gasteiger partial charge is 0.408 e. The van der Waals surface area contributed by atoms with Gasteiger partial charge in [-0.15, -0.1) is 0 Å². The van der Waals surface area contributed by atoms with Crippen LogP contribution in [0.3, 0.4) is 0 Å². The van der Waals surface area contributed by atoms with E-state index >= 15 is 0 Å². The molecular weight excluding hydrogens is 366 g/mol. The lowest BCUT2D eigenvalue weighted by Gasteiger charge is -2.31. The van der Waals surface area contributed by atoms with Gasteiger partial charge in [0.1, 0.15) is 11.4 Å². The number of amides is 1. The number of aryl methyl sites for hydroxylation is 2. The summed E-state index contributed by atoms with van der Waals surface area (Å²) in [6, 6.07) is -0.481. The highest BCUT2D eigenvalue weighted by atomic mass is 16.6. The van der Waals surface area contributed by atoms with E-state index in [1.807, 2.05) is 0 Å². The lowest BCUT2D eigenvalue weighted by atomic mass is 9.91. The van der Waals surface area contributed by atoms with Crippen LogP contribution in [0.5, 0.6) is 0 Å². The number of hydrogen-bond acceptors (Lipinski definition) is 6. The van der Waals surface area contributed by atoms with Gasteiger partial charge in [-0.25, -0.2) is 14.6 Å². The van der Waals surface area contributed by atoms with Crippen molar-refractivity contribution in [1.29, 1.82) is 0 Å². The zero-order chi connectivity index (χ0) is 20.6. The fraction of sp³-hybridized carbons (Fsp3) is 0.667. The van der Waals surface area contributed by atoms with Crippen LogP contribution in [0.4, 0.5) is 4.79 Å². The third-order valence-electron chi connectivity index (χ3n) is 4.86. The number of H-pyrrole nitrogens is 1. The predicted octanol–water partition coefficient (Wildman–Crippen LogP) is 0.953. The van der Waals surface area contributed by atoms with Crippen LogP contribution in [0.25, 0.3) is 11.2 Å². The third kappa shape index (κ3) is 3.96. The van der Waals surface area contributed by atoms with Gasteiger partial charge in [-0.3, -0.25) is 14.3 Å². The average molecular weight is 393 g/mol. The number of ether oxygens (including phenoxy) is 2. The van der Waals surface area contributed by atoms with Crippen molar-refractivity contribution in [2.75, 3.05) is 13.2 Å². The van der Waals surface area contributed by atoms with Crippen molar-refractivity contribution in [3.63, 3.8) is 0 Å². The number of carbonyl (C=O) groups is 1. The average Bonchev–Trinajstić information content (AvgIpc) is 2.95. The van der Waals surface area contributed by atoms with E-state index in [1.54, 1.807) is 39.4 Å². The summed E-state index contributed by atoms with van der Waals surface area (Å²) in [5.74, 6) is 0.562. The molecular formula is C18H27N5O5. The molecule has 2 aromatic heterocycles. The van der Waals surface area contributed by atoms with Crippen molar-refractivity contribution in [2.45, 2.75) is 45.3 Å². The quantitative estimate of drug-likeness (QED) is 0.801. The first-order chi connectivity index (χ1) is 13.1. The molecule has 1 unspecified atom stereocenters. The van der Waals surface area contributed by atoms with Crippen molar-refractivity contribution < 1.29 is 14.3 Å². The Balaban J connectivity index is 2.07. The number of rotatable bonds is 3. The summed E-state index contributed by atoms with van der Waals surface area (Å²) in [5, 5.41) is 2.92. The predicted molar refractivity (Wildman–Crippen MR) is 102 cm³/mol. The van der Waals surface area contributed by atoms with Crippen LogP contribution in [0, 0.1) is 5.92 Å². The molecule has 10 heteroatoms. The monoisotopic (exact) mass is 393 g/mol. The van der Waals surface area contributed by atoms with Gasteiger partial charge >= 0.3 is 11.8 Å². The molecule has 28 heavy (non-hydrogen) atoms. The lowest BCUT2D eigenvalue weighted by molar-refractivity contribution is 0.0337. The highest BCUT2D eigenvalue weighted by Gasteiger charge is 2.33. The standard InChI is InChI=1S/C18H27N5O5/c1-18(2,3)28-17(26)19-11(10-6-8-27-9-7-10)13-20-14-12(22(13)4)15(24)21-16(25)23(14)5/h10-11H,6-9H2,1-5H3,(H,19,26)(H,21,24,25). The Kier molecular flexibility index (Phi) is 5.33. The molecule has 10 nitrogen and oxygen atoms in total. The molecule has 3 heterocycles. The fourth-order valence-electron chi connectivity index (χ4n) is 3.48. The number of imidazole rings is 1. The van der Waals surface area contributed by atoms with Gasteiger partial charge in [-0.2, -0.15) is 0 Å².